The van der Waals surface area contributed by atoms with Gasteiger partial charge >= 0.3 is 0 Å². The van der Waals surface area contributed by atoms with Gasteiger partial charge in [-0.05, 0) is 35.7 Å². The van der Waals surface area contributed by atoms with Crippen molar-refractivity contribution in [1.29, 1.82) is 0 Å². The molecule has 0 radical (unpaired) electrons. The quantitative estimate of drug-likeness (QED) is 0.308. The molecule has 3 aromatic rings. The van der Waals surface area contributed by atoms with E-state index in [1.165, 1.54) is 11.8 Å². The summed E-state index contributed by atoms with van der Waals surface area (Å²) in [5, 5.41) is 4.16. The Kier molecular flexibility index (Phi) is 7.03. The molecule has 0 fully saturated rings. The third kappa shape index (κ3) is 5.06. The second kappa shape index (κ2) is 10.1. The van der Waals surface area contributed by atoms with E-state index in [0.29, 0.717) is 41.6 Å². The lowest BCUT2D eigenvalue weighted by Gasteiger charge is -2.25. The molecule has 0 saturated heterocycles. The minimum absolute atomic E-state index is 0.135. The van der Waals surface area contributed by atoms with Crippen molar-refractivity contribution in [3.8, 4) is 11.5 Å². The van der Waals surface area contributed by atoms with E-state index >= 15 is 0 Å². The molecule has 0 spiro atoms. The highest BCUT2D eigenvalue weighted by atomic mass is 32.2. The Balaban J connectivity index is 1.51. The fourth-order valence-electron chi connectivity index (χ4n) is 3.78. The van der Waals surface area contributed by atoms with Crippen LogP contribution in [0, 0.1) is 5.92 Å². The number of amides is 1. The molecule has 1 atom stereocenters. The zero-order chi connectivity index (χ0) is 23.4. The number of benzene rings is 2. The average molecular weight is 466 g/mol. The van der Waals surface area contributed by atoms with Gasteiger partial charge in [-0.2, -0.15) is 0 Å². The number of nitrogens with one attached hydrogen (secondary N) is 1. The van der Waals surface area contributed by atoms with Crippen molar-refractivity contribution in [2.45, 2.75) is 31.6 Å². The lowest BCUT2D eigenvalue weighted by Crippen LogP contribution is -2.33. The van der Waals surface area contributed by atoms with Crippen molar-refractivity contribution >= 4 is 28.6 Å². The van der Waals surface area contributed by atoms with Crippen LogP contribution < -0.4 is 20.3 Å². The first-order valence-corrected chi connectivity index (χ1v) is 11.9. The lowest BCUT2D eigenvalue weighted by molar-refractivity contribution is -0.119. The van der Waals surface area contributed by atoms with Crippen LogP contribution in [0.15, 0.2) is 65.1 Å². The van der Waals surface area contributed by atoms with E-state index in [4.69, 9.17) is 9.47 Å². The lowest BCUT2D eigenvalue weighted by atomic mass is 9.95. The van der Waals surface area contributed by atoms with Gasteiger partial charge in [0.15, 0.2) is 16.7 Å². The maximum absolute atomic E-state index is 12.9. The second-order valence-corrected chi connectivity index (χ2v) is 9.04. The predicted molar refractivity (Wildman–Crippen MR) is 130 cm³/mol. The van der Waals surface area contributed by atoms with E-state index in [9.17, 15) is 9.59 Å². The summed E-state index contributed by atoms with van der Waals surface area (Å²) >= 11 is 1.24. The van der Waals surface area contributed by atoms with Crippen molar-refractivity contribution in [3.05, 3.63) is 71.0 Å². The van der Waals surface area contributed by atoms with Crippen molar-refractivity contribution in [2.24, 2.45) is 5.92 Å². The highest BCUT2D eigenvalue weighted by Gasteiger charge is 2.22. The third-order valence-corrected chi connectivity index (χ3v) is 6.36. The third-order valence-electron chi connectivity index (χ3n) is 5.38. The van der Waals surface area contributed by atoms with Gasteiger partial charge in [-0.3, -0.25) is 14.2 Å². The van der Waals surface area contributed by atoms with Gasteiger partial charge in [-0.1, -0.05) is 49.9 Å². The van der Waals surface area contributed by atoms with Crippen molar-refractivity contribution < 1.29 is 14.3 Å². The Morgan fingerprint density at radius 1 is 1.21 bits per heavy atom. The molecule has 2 aromatic carbocycles. The number of allylic oxidation sites excluding steroid dienone is 1. The van der Waals surface area contributed by atoms with Crippen molar-refractivity contribution in [3.63, 3.8) is 0 Å². The van der Waals surface area contributed by atoms with E-state index in [2.05, 4.69) is 30.7 Å². The summed E-state index contributed by atoms with van der Waals surface area (Å²) in [4.78, 5) is 30.4. The van der Waals surface area contributed by atoms with E-state index < -0.39 is 0 Å². The largest absolute Gasteiger partial charge is 0.486 e. The first-order chi connectivity index (χ1) is 16.0. The molecule has 2 heterocycles. The summed E-state index contributed by atoms with van der Waals surface area (Å²) in [5.41, 5.74) is 1.43. The molecule has 8 heteroatoms. The van der Waals surface area contributed by atoms with Crippen LogP contribution >= 0.6 is 11.8 Å². The maximum atomic E-state index is 12.9. The number of para-hydroxylation sites is 1. The molecule has 0 saturated carbocycles. The van der Waals surface area contributed by atoms with E-state index in [-0.39, 0.29) is 29.2 Å². The number of hydrogen-bond donors (Lipinski definition) is 1. The smallest absolute Gasteiger partial charge is 0.262 e. The minimum atomic E-state index is -0.186. The molecular formula is C25H27N3O4S. The number of thioether (sulfide) groups is 1. The van der Waals surface area contributed by atoms with Gasteiger partial charge in [0.05, 0.1) is 22.7 Å². The number of ether oxygens (including phenoxy) is 2. The molecule has 1 aliphatic heterocycles. The molecule has 1 aromatic heterocycles. The first kappa shape index (κ1) is 22.9. The fraction of sp³-hybridized carbons (Fsp3) is 0.320. The number of aromatic nitrogens is 2. The van der Waals surface area contributed by atoms with Crippen LogP contribution in [0.3, 0.4) is 0 Å². The van der Waals surface area contributed by atoms with E-state index in [1.807, 2.05) is 30.3 Å². The number of rotatable bonds is 8. The molecule has 1 amide bonds. The summed E-state index contributed by atoms with van der Waals surface area (Å²) in [6, 6.07) is 12.8. The van der Waals surface area contributed by atoms with Gasteiger partial charge in [0.1, 0.15) is 13.2 Å². The Bertz CT molecular complexity index is 1240. The molecule has 33 heavy (non-hydrogen) atoms. The van der Waals surface area contributed by atoms with Crippen LogP contribution in [-0.4, -0.2) is 34.4 Å². The van der Waals surface area contributed by atoms with Crippen LogP contribution in [0.4, 0.5) is 0 Å². The first-order valence-electron chi connectivity index (χ1n) is 10.9. The van der Waals surface area contributed by atoms with Crippen LogP contribution in [0.2, 0.25) is 0 Å². The Hall–Kier alpha value is -3.26. The topological polar surface area (TPSA) is 82.5 Å². The second-order valence-electron chi connectivity index (χ2n) is 8.10. The highest BCUT2D eigenvalue weighted by Crippen LogP contribution is 2.34. The molecule has 172 valence electrons. The molecule has 1 aliphatic rings. The van der Waals surface area contributed by atoms with Crippen LogP contribution in [0.25, 0.3) is 10.9 Å². The normalized spacial score (nSPS) is 13.7. The molecule has 0 bridgehead atoms. The van der Waals surface area contributed by atoms with Crippen LogP contribution in [-0.2, 0) is 11.3 Å². The van der Waals surface area contributed by atoms with Crippen LogP contribution in [0.5, 0.6) is 11.5 Å². The molecular weight excluding hydrogens is 438 g/mol. The SMILES string of the molecule is C=CCn1c(SCC(=O)NC(c2ccc3c(c2)OCCO3)C(C)C)nc2ccccc2c1=O. The van der Waals surface area contributed by atoms with Gasteiger partial charge in [0, 0.05) is 6.54 Å². The Morgan fingerprint density at radius 2 is 1.97 bits per heavy atom. The molecule has 0 aliphatic carbocycles. The Labute approximate surface area is 196 Å². The summed E-state index contributed by atoms with van der Waals surface area (Å²) in [5.74, 6) is 1.58. The van der Waals surface area contributed by atoms with Gasteiger partial charge in [-0.25, -0.2) is 4.98 Å². The van der Waals surface area contributed by atoms with Gasteiger partial charge < -0.3 is 14.8 Å². The molecule has 1 unspecified atom stereocenters. The Morgan fingerprint density at radius 3 is 2.73 bits per heavy atom. The van der Waals surface area contributed by atoms with E-state index in [0.717, 1.165) is 11.3 Å². The summed E-state index contributed by atoms with van der Waals surface area (Å²) in [6.07, 6.45) is 1.65. The fourth-order valence-corrected chi connectivity index (χ4v) is 4.60. The zero-order valence-electron chi connectivity index (χ0n) is 18.7. The average Bonchev–Trinajstić information content (AvgIpc) is 2.83. The number of fused-ring (bicyclic) bond motifs is 2. The maximum Gasteiger partial charge on any atom is 0.262 e. The van der Waals surface area contributed by atoms with Gasteiger partial charge in [-0.15, -0.1) is 6.58 Å². The van der Waals surface area contributed by atoms with Crippen molar-refractivity contribution in [1.82, 2.24) is 14.9 Å². The summed E-state index contributed by atoms with van der Waals surface area (Å²) < 4.78 is 12.8. The minimum Gasteiger partial charge on any atom is -0.486 e. The predicted octanol–water partition coefficient (Wildman–Crippen LogP) is 3.96. The number of nitrogens with zero attached hydrogens (tertiary/aromatic N) is 2. The summed E-state index contributed by atoms with van der Waals surface area (Å²) in [7, 11) is 0. The number of carbonyl (C=O) groups excluding carboxylic acids is 1. The molecule has 1 N–H and O–H groups in total. The number of carbonyl (C=O) groups is 1. The monoisotopic (exact) mass is 465 g/mol. The zero-order valence-corrected chi connectivity index (χ0v) is 19.6. The summed E-state index contributed by atoms with van der Waals surface area (Å²) in [6.45, 7) is 9.23. The van der Waals surface area contributed by atoms with Gasteiger partial charge in [0.25, 0.3) is 5.56 Å². The standard InChI is InChI=1S/C25H27N3O4S/c1-4-11-28-24(30)18-7-5-6-8-19(18)26-25(28)33-15-22(29)27-23(16(2)3)17-9-10-20-21(14-17)32-13-12-31-20/h4-10,14,16,23H,1,11-13,15H2,2-3H3,(H,27,29). The van der Waals surface area contributed by atoms with E-state index in [1.54, 1.807) is 22.8 Å². The van der Waals surface area contributed by atoms with Crippen LogP contribution in [0.1, 0.15) is 25.5 Å². The van der Waals surface area contributed by atoms with Gasteiger partial charge in [0.2, 0.25) is 5.91 Å². The highest BCUT2D eigenvalue weighted by molar-refractivity contribution is 7.99. The number of hydrogen-bond acceptors (Lipinski definition) is 6. The molecule has 4 rings (SSSR count). The molecule has 7 nitrogen and oxygen atoms in total. The van der Waals surface area contributed by atoms with Crippen molar-refractivity contribution in [2.75, 3.05) is 19.0 Å².